The minimum absolute atomic E-state index is 0.125. The molecule has 2 N–H and O–H groups in total. The molecule has 0 aromatic carbocycles. The van der Waals surface area contributed by atoms with Gasteiger partial charge in [-0.3, -0.25) is 4.68 Å². The first-order valence-corrected chi connectivity index (χ1v) is 8.06. The van der Waals surface area contributed by atoms with Crippen LogP contribution in [0.2, 0.25) is 0 Å². The molecule has 6 nitrogen and oxygen atoms in total. The number of aliphatic hydroxyl groups excluding tert-OH is 1. The molecule has 1 atom stereocenters. The van der Waals surface area contributed by atoms with Crippen LogP contribution in [0.5, 0.6) is 0 Å². The second-order valence-corrected chi connectivity index (χ2v) is 6.05. The molecule has 0 spiro atoms. The Morgan fingerprint density at radius 2 is 2.27 bits per heavy atom. The predicted octanol–water partition coefficient (Wildman–Crippen LogP) is 1.36. The SMILES string of the molecule is Cc1nn(CCO)c(C)c1CNC[C@H]1CCCn2ccnc21. The summed E-state index contributed by atoms with van der Waals surface area (Å²) < 4.78 is 4.16. The first kappa shape index (κ1) is 15.2. The molecule has 120 valence electrons. The van der Waals surface area contributed by atoms with Crippen molar-refractivity contribution in [3.05, 3.63) is 35.2 Å². The van der Waals surface area contributed by atoms with E-state index in [1.165, 1.54) is 24.2 Å². The minimum Gasteiger partial charge on any atom is -0.394 e. The largest absolute Gasteiger partial charge is 0.394 e. The molecular formula is C16H25N5O. The van der Waals surface area contributed by atoms with Crippen LogP contribution in [0.4, 0.5) is 0 Å². The Hall–Kier alpha value is -1.66. The highest BCUT2D eigenvalue weighted by molar-refractivity contribution is 5.24. The molecule has 0 saturated heterocycles. The van der Waals surface area contributed by atoms with E-state index < -0.39 is 0 Å². The quantitative estimate of drug-likeness (QED) is 0.845. The number of hydrogen-bond acceptors (Lipinski definition) is 4. The van der Waals surface area contributed by atoms with Crippen molar-refractivity contribution < 1.29 is 5.11 Å². The molecule has 0 saturated carbocycles. The third-order valence-corrected chi connectivity index (χ3v) is 4.60. The average Bonchev–Trinajstić information content (AvgIpc) is 3.08. The van der Waals surface area contributed by atoms with Crippen LogP contribution in [0, 0.1) is 13.8 Å². The van der Waals surface area contributed by atoms with Gasteiger partial charge in [0, 0.05) is 49.2 Å². The molecule has 3 rings (SSSR count). The van der Waals surface area contributed by atoms with Gasteiger partial charge < -0.3 is 15.0 Å². The average molecular weight is 303 g/mol. The van der Waals surface area contributed by atoms with Gasteiger partial charge in [-0.1, -0.05) is 0 Å². The number of aliphatic hydroxyl groups is 1. The molecule has 0 unspecified atom stereocenters. The van der Waals surface area contributed by atoms with E-state index in [-0.39, 0.29) is 6.61 Å². The van der Waals surface area contributed by atoms with E-state index in [2.05, 4.69) is 33.1 Å². The van der Waals surface area contributed by atoms with Crippen LogP contribution in [0.25, 0.3) is 0 Å². The van der Waals surface area contributed by atoms with Gasteiger partial charge in [0.1, 0.15) is 5.82 Å². The van der Waals surface area contributed by atoms with Crippen molar-refractivity contribution >= 4 is 0 Å². The van der Waals surface area contributed by atoms with Gasteiger partial charge >= 0.3 is 0 Å². The van der Waals surface area contributed by atoms with E-state index in [0.717, 1.165) is 31.0 Å². The highest BCUT2D eigenvalue weighted by atomic mass is 16.3. The van der Waals surface area contributed by atoms with Crippen molar-refractivity contribution in [3.63, 3.8) is 0 Å². The number of hydrogen-bond donors (Lipinski definition) is 2. The van der Waals surface area contributed by atoms with Gasteiger partial charge in [-0.15, -0.1) is 0 Å². The summed E-state index contributed by atoms with van der Waals surface area (Å²) in [4.78, 5) is 4.51. The molecule has 3 heterocycles. The molecule has 22 heavy (non-hydrogen) atoms. The lowest BCUT2D eigenvalue weighted by atomic mass is 9.99. The van der Waals surface area contributed by atoms with Gasteiger partial charge in [-0.25, -0.2) is 4.98 Å². The van der Waals surface area contributed by atoms with E-state index in [4.69, 9.17) is 5.11 Å². The van der Waals surface area contributed by atoms with Gasteiger partial charge in [0.05, 0.1) is 18.8 Å². The summed E-state index contributed by atoms with van der Waals surface area (Å²) in [5.74, 6) is 1.71. The third kappa shape index (κ3) is 2.94. The molecule has 0 fully saturated rings. The van der Waals surface area contributed by atoms with Crippen molar-refractivity contribution in [2.75, 3.05) is 13.2 Å². The van der Waals surface area contributed by atoms with E-state index in [1.54, 1.807) is 0 Å². The number of nitrogens with zero attached hydrogens (tertiary/aromatic N) is 4. The number of nitrogens with one attached hydrogen (secondary N) is 1. The topological polar surface area (TPSA) is 67.9 Å². The zero-order valence-corrected chi connectivity index (χ0v) is 13.4. The number of rotatable bonds is 6. The minimum atomic E-state index is 0.125. The Labute approximate surface area is 131 Å². The monoisotopic (exact) mass is 303 g/mol. The summed E-state index contributed by atoms with van der Waals surface area (Å²) in [6, 6.07) is 0. The number of aryl methyl sites for hydroxylation is 2. The zero-order valence-electron chi connectivity index (χ0n) is 13.4. The van der Waals surface area contributed by atoms with Crippen LogP contribution in [0.3, 0.4) is 0 Å². The molecule has 2 aromatic rings. The van der Waals surface area contributed by atoms with Gasteiger partial charge in [0.15, 0.2) is 0 Å². The molecule has 6 heteroatoms. The van der Waals surface area contributed by atoms with Crippen molar-refractivity contribution in [2.24, 2.45) is 0 Å². The fourth-order valence-corrected chi connectivity index (χ4v) is 3.37. The Morgan fingerprint density at radius 1 is 1.41 bits per heavy atom. The summed E-state index contributed by atoms with van der Waals surface area (Å²) in [5, 5.41) is 17.1. The Bertz CT molecular complexity index is 631. The first-order valence-electron chi connectivity index (χ1n) is 8.06. The van der Waals surface area contributed by atoms with Gasteiger partial charge in [-0.2, -0.15) is 5.10 Å². The summed E-state index contributed by atoms with van der Waals surface area (Å²) >= 11 is 0. The van der Waals surface area contributed by atoms with Crippen molar-refractivity contribution in [2.45, 2.75) is 52.2 Å². The summed E-state index contributed by atoms with van der Waals surface area (Å²) in [5.41, 5.74) is 3.43. The summed E-state index contributed by atoms with van der Waals surface area (Å²) in [6.07, 6.45) is 6.41. The zero-order chi connectivity index (χ0) is 15.5. The summed E-state index contributed by atoms with van der Waals surface area (Å²) in [7, 11) is 0. The lowest BCUT2D eigenvalue weighted by Crippen LogP contribution is -2.26. The van der Waals surface area contributed by atoms with Gasteiger partial charge in [0.2, 0.25) is 0 Å². The van der Waals surface area contributed by atoms with Crippen LogP contribution in [0.1, 0.15) is 41.5 Å². The standard InChI is InChI=1S/C16H25N5O/c1-12-15(13(2)21(19-12)8-9-22)11-17-10-14-4-3-6-20-7-5-18-16(14)20/h5,7,14,17,22H,3-4,6,8-11H2,1-2H3/t14-/m1/s1. The molecular weight excluding hydrogens is 278 g/mol. The predicted molar refractivity (Wildman–Crippen MR) is 84.7 cm³/mol. The van der Waals surface area contributed by atoms with Crippen molar-refractivity contribution in [1.82, 2.24) is 24.6 Å². The fraction of sp³-hybridized carbons (Fsp3) is 0.625. The normalized spacial score (nSPS) is 17.7. The van der Waals surface area contributed by atoms with Gasteiger partial charge in [0.25, 0.3) is 0 Å². The maximum absolute atomic E-state index is 9.08. The molecule has 1 aliphatic heterocycles. The number of aromatic nitrogens is 4. The fourth-order valence-electron chi connectivity index (χ4n) is 3.37. The van der Waals surface area contributed by atoms with Crippen LogP contribution in [0.15, 0.2) is 12.4 Å². The lowest BCUT2D eigenvalue weighted by Gasteiger charge is -2.23. The van der Waals surface area contributed by atoms with E-state index >= 15 is 0 Å². The third-order valence-electron chi connectivity index (χ3n) is 4.60. The molecule has 2 aromatic heterocycles. The highest BCUT2D eigenvalue weighted by Gasteiger charge is 2.21. The Kier molecular flexibility index (Phi) is 4.59. The number of imidazole rings is 1. The smallest absolute Gasteiger partial charge is 0.113 e. The van der Waals surface area contributed by atoms with Crippen molar-refractivity contribution in [3.8, 4) is 0 Å². The maximum atomic E-state index is 9.08. The maximum Gasteiger partial charge on any atom is 0.113 e. The number of fused-ring (bicyclic) bond motifs is 1. The molecule has 0 aliphatic carbocycles. The molecule has 0 radical (unpaired) electrons. The molecule has 0 amide bonds. The highest BCUT2D eigenvalue weighted by Crippen LogP contribution is 2.25. The van der Waals surface area contributed by atoms with Crippen LogP contribution >= 0.6 is 0 Å². The second-order valence-electron chi connectivity index (χ2n) is 6.05. The Morgan fingerprint density at radius 3 is 3.09 bits per heavy atom. The first-order chi connectivity index (χ1) is 10.7. The van der Waals surface area contributed by atoms with Gasteiger partial charge in [-0.05, 0) is 26.7 Å². The van der Waals surface area contributed by atoms with Crippen molar-refractivity contribution in [1.29, 1.82) is 0 Å². The second kappa shape index (κ2) is 6.62. The van der Waals surface area contributed by atoms with Crippen LogP contribution < -0.4 is 5.32 Å². The Balaban J connectivity index is 1.60. The lowest BCUT2D eigenvalue weighted by molar-refractivity contribution is 0.267. The van der Waals surface area contributed by atoms with E-state index in [1.807, 2.05) is 17.8 Å². The molecule has 1 aliphatic rings. The molecule has 0 bridgehead atoms. The van der Waals surface area contributed by atoms with E-state index in [9.17, 15) is 0 Å². The van der Waals surface area contributed by atoms with Crippen LogP contribution in [-0.2, 0) is 19.6 Å². The van der Waals surface area contributed by atoms with E-state index in [0.29, 0.717) is 12.5 Å². The van der Waals surface area contributed by atoms with Crippen LogP contribution in [-0.4, -0.2) is 37.6 Å². The summed E-state index contributed by atoms with van der Waals surface area (Å²) in [6.45, 7) is 7.65.